The largest absolute Gasteiger partial charge is 0.370 e. The molecule has 0 spiro atoms. The van der Waals surface area contributed by atoms with E-state index in [1.54, 1.807) is 0 Å². The number of nitrogens with zero attached hydrogens (tertiary/aromatic N) is 2. The van der Waals surface area contributed by atoms with Crippen LogP contribution in [0.25, 0.3) is 0 Å². The molecule has 0 saturated heterocycles. The van der Waals surface area contributed by atoms with Crippen LogP contribution < -0.4 is 10.6 Å². The minimum absolute atomic E-state index is 0.481. The van der Waals surface area contributed by atoms with Gasteiger partial charge in [-0.2, -0.15) is 0 Å². The Bertz CT molecular complexity index is 461. The minimum atomic E-state index is 0.481. The first-order valence-electron chi connectivity index (χ1n) is 6.91. The summed E-state index contributed by atoms with van der Waals surface area (Å²) in [5.74, 6) is 1.45. The second-order valence-electron chi connectivity index (χ2n) is 5.52. The van der Waals surface area contributed by atoms with E-state index >= 15 is 0 Å². The number of benzene rings is 1. The van der Waals surface area contributed by atoms with Crippen LogP contribution >= 0.6 is 0 Å². The van der Waals surface area contributed by atoms with E-state index in [2.05, 4.69) is 41.1 Å². The molecule has 3 heteroatoms. The van der Waals surface area contributed by atoms with Gasteiger partial charge in [0, 0.05) is 5.69 Å². The zero-order valence-corrected chi connectivity index (χ0v) is 11.0. The highest BCUT2D eigenvalue weighted by Crippen LogP contribution is 2.34. The molecule has 3 nitrogen and oxygen atoms in total. The van der Waals surface area contributed by atoms with Gasteiger partial charge in [0.05, 0.1) is 12.6 Å². The summed E-state index contributed by atoms with van der Waals surface area (Å²) in [6.45, 7) is 2.99. The highest BCUT2D eigenvalue weighted by Gasteiger charge is 2.35. The smallest absolute Gasteiger partial charge is 0.196 e. The Morgan fingerprint density at radius 2 is 2.06 bits per heavy atom. The number of aliphatic imine (C=N–C) groups is 1. The average Bonchev–Trinajstić information content (AvgIpc) is 2.97. The molecule has 1 aromatic carbocycles. The maximum Gasteiger partial charge on any atom is 0.196 e. The molecule has 1 fully saturated rings. The van der Waals surface area contributed by atoms with E-state index in [1.807, 2.05) is 0 Å². The zero-order valence-electron chi connectivity index (χ0n) is 11.0. The quantitative estimate of drug-likeness (QED) is 0.867. The van der Waals surface area contributed by atoms with Gasteiger partial charge < -0.3 is 10.6 Å². The molecular weight excluding hydrogens is 222 g/mol. The second-order valence-corrected chi connectivity index (χ2v) is 5.52. The number of guanidine groups is 1. The topological polar surface area (TPSA) is 41.6 Å². The van der Waals surface area contributed by atoms with E-state index in [0.29, 0.717) is 12.0 Å². The standard InChI is InChI=1S/C15H21N3/c1-11-5-4-8-13(9-11)18-14(10-17-15(18)16)12-6-2-3-7-12/h4-5,8-9,12,14H,2-3,6-7,10H2,1H3,(H2,16,17). The fourth-order valence-electron chi connectivity index (χ4n) is 3.32. The van der Waals surface area contributed by atoms with Gasteiger partial charge in [0.1, 0.15) is 0 Å². The normalized spacial score (nSPS) is 24.6. The molecule has 1 saturated carbocycles. The number of hydrogen-bond acceptors (Lipinski definition) is 3. The van der Waals surface area contributed by atoms with Crippen molar-refractivity contribution in [2.45, 2.75) is 38.6 Å². The van der Waals surface area contributed by atoms with E-state index in [4.69, 9.17) is 5.73 Å². The van der Waals surface area contributed by atoms with Crippen LogP contribution in [0.3, 0.4) is 0 Å². The van der Waals surface area contributed by atoms with E-state index < -0.39 is 0 Å². The Labute approximate surface area is 109 Å². The van der Waals surface area contributed by atoms with Crippen molar-refractivity contribution in [1.29, 1.82) is 0 Å². The van der Waals surface area contributed by atoms with Crippen LogP contribution in [-0.4, -0.2) is 18.5 Å². The van der Waals surface area contributed by atoms with Crippen molar-refractivity contribution in [3.63, 3.8) is 0 Å². The molecule has 1 aliphatic heterocycles. The van der Waals surface area contributed by atoms with Gasteiger partial charge in [-0.3, -0.25) is 4.99 Å². The van der Waals surface area contributed by atoms with Crippen molar-refractivity contribution in [2.24, 2.45) is 16.6 Å². The molecule has 1 heterocycles. The van der Waals surface area contributed by atoms with Crippen molar-refractivity contribution in [3.8, 4) is 0 Å². The molecule has 0 amide bonds. The lowest BCUT2D eigenvalue weighted by Crippen LogP contribution is -2.44. The minimum Gasteiger partial charge on any atom is -0.370 e. The molecule has 0 bridgehead atoms. The van der Waals surface area contributed by atoms with Gasteiger partial charge in [-0.1, -0.05) is 25.0 Å². The molecule has 1 aromatic rings. The number of nitrogens with two attached hydrogens (primary N) is 1. The monoisotopic (exact) mass is 243 g/mol. The third kappa shape index (κ3) is 1.98. The van der Waals surface area contributed by atoms with E-state index in [0.717, 1.165) is 12.5 Å². The predicted octanol–water partition coefficient (Wildman–Crippen LogP) is 2.69. The van der Waals surface area contributed by atoms with Crippen LogP contribution in [0, 0.1) is 12.8 Å². The first kappa shape index (κ1) is 11.6. The highest BCUT2D eigenvalue weighted by molar-refractivity contribution is 5.97. The molecule has 2 aliphatic rings. The lowest BCUT2D eigenvalue weighted by atomic mass is 9.97. The fraction of sp³-hybridized carbons (Fsp3) is 0.533. The maximum atomic E-state index is 6.10. The van der Waals surface area contributed by atoms with Crippen molar-refractivity contribution in [1.82, 2.24) is 0 Å². The van der Waals surface area contributed by atoms with Gasteiger partial charge in [0.15, 0.2) is 5.96 Å². The molecule has 96 valence electrons. The molecule has 1 aliphatic carbocycles. The Kier molecular flexibility index (Phi) is 2.98. The molecule has 2 N–H and O–H groups in total. The van der Waals surface area contributed by atoms with E-state index in [1.165, 1.54) is 36.9 Å². The third-order valence-electron chi connectivity index (χ3n) is 4.24. The fourth-order valence-corrected chi connectivity index (χ4v) is 3.32. The Morgan fingerprint density at radius 3 is 2.78 bits per heavy atom. The summed E-state index contributed by atoms with van der Waals surface area (Å²) in [6, 6.07) is 9.05. The summed E-state index contributed by atoms with van der Waals surface area (Å²) in [5, 5.41) is 0. The van der Waals surface area contributed by atoms with Crippen LogP contribution in [-0.2, 0) is 0 Å². The summed E-state index contributed by atoms with van der Waals surface area (Å²) < 4.78 is 0. The van der Waals surface area contributed by atoms with E-state index in [-0.39, 0.29) is 0 Å². The van der Waals surface area contributed by atoms with Crippen molar-refractivity contribution in [2.75, 3.05) is 11.4 Å². The van der Waals surface area contributed by atoms with E-state index in [9.17, 15) is 0 Å². The SMILES string of the molecule is Cc1cccc(N2C(N)=NCC2C2CCCC2)c1. The van der Waals surface area contributed by atoms with Gasteiger partial charge in [-0.25, -0.2) is 0 Å². The first-order valence-corrected chi connectivity index (χ1v) is 6.91. The Hall–Kier alpha value is -1.51. The summed E-state index contributed by atoms with van der Waals surface area (Å²) >= 11 is 0. The van der Waals surface area contributed by atoms with Crippen LogP contribution in [0.5, 0.6) is 0 Å². The Morgan fingerprint density at radius 1 is 1.28 bits per heavy atom. The van der Waals surface area contributed by atoms with Crippen LogP contribution in [0.15, 0.2) is 29.3 Å². The second kappa shape index (κ2) is 4.63. The molecule has 0 aromatic heterocycles. The number of hydrogen-bond donors (Lipinski definition) is 1. The molecular formula is C15H21N3. The van der Waals surface area contributed by atoms with Crippen LogP contribution in [0.4, 0.5) is 5.69 Å². The summed E-state index contributed by atoms with van der Waals surface area (Å²) in [5.41, 5.74) is 8.57. The molecule has 0 radical (unpaired) electrons. The van der Waals surface area contributed by atoms with Gasteiger partial charge in [0.2, 0.25) is 0 Å². The summed E-state index contributed by atoms with van der Waals surface area (Å²) in [4.78, 5) is 6.72. The van der Waals surface area contributed by atoms with Crippen molar-refractivity contribution < 1.29 is 0 Å². The average molecular weight is 243 g/mol. The van der Waals surface area contributed by atoms with Gasteiger partial charge in [-0.15, -0.1) is 0 Å². The molecule has 1 atom stereocenters. The molecule has 18 heavy (non-hydrogen) atoms. The lowest BCUT2D eigenvalue weighted by Gasteiger charge is -2.30. The van der Waals surface area contributed by atoms with Crippen molar-refractivity contribution in [3.05, 3.63) is 29.8 Å². The summed E-state index contributed by atoms with van der Waals surface area (Å²) in [6.07, 6.45) is 5.39. The van der Waals surface area contributed by atoms with Gasteiger partial charge in [0.25, 0.3) is 0 Å². The lowest BCUT2D eigenvalue weighted by molar-refractivity contribution is 0.450. The zero-order chi connectivity index (χ0) is 12.5. The van der Waals surface area contributed by atoms with Crippen LogP contribution in [0.1, 0.15) is 31.2 Å². The highest BCUT2D eigenvalue weighted by atomic mass is 15.3. The third-order valence-corrected chi connectivity index (χ3v) is 4.24. The Balaban J connectivity index is 1.89. The first-order chi connectivity index (χ1) is 8.75. The van der Waals surface area contributed by atoms with Crippen molar-refractivity contribution >= 4 is 11.6 Å². The number of rotatable bonds is 2. The number of aryl methyl sites for hydroxylation is 1. The summed E-state index contributed by atoms with van der Waals surface area (Å²) in [7, 11) is 0. The predicted molar refractivity (Wildman–Crippen MR) is 75.9 cm³/mol. The van der Waals surface area contributed by atoms with Gasteiger partial charge >= 0.3 is 0 Å². The maximum absolute atomic E-state index is 6.10. The number of anilines is 1. The molecule has 1 unspecified atom stereocenters. The van der Waals surface area contributed by atoms with Crippen LogP contribution in [0.2, 0.25) is 0 Å². The van der Waals surface area contributed by atoms with Gasteiger partial charge in [-0.05, 0) is 43.4 Å². The molecule has 3 rings (SSSR count).